The number of carbonyl (C=O) groups is 1. The summed E-state index contributed by atoms with van der Waals surface area (Å²) in [5.41, 5.74) is 1.68. The van der Waals surface area contributed by atoms with Crippen molar-refractivity contribution < 1.29 is 9.90 Å². The van der Waals surface area contributed by atoms with Crippen LogP contribution in [0.2, 0.25) is 10.0 Å². The van der Waals surface area contributed by atoms with Gasteiger partial charge in [-0.25, -0.2) is 0 Å². The van der Waals surface area contributed by atoms with Crippen LogP contribution < -0.4 is 0 Å². The van der Waals surface area contributed by atoms with Crippen LogP contribution >= 0.6 is 35.0 Å². The van der Waals surface area contributed by atoms with Crippen molar-refractivity contribution in [1.82, 2.24) is 0 Å². The third kappa shape index (κ3) is 2.39. The van der Waals surface area contributed by atoms with Crippen LogP contribution in [0.1, 0.15) is 31.4 Å². The minimum atomic E-state index is -0.568. The Bertz CT molecular complexity index is 572. The maximum absolute atomic E-state index is 12.2. The predicted molar refractivity (Wildman–Crippen MR) is 82.0 cm³/mol. The van der Waals surface area contributed by atoms with Crippen molar-refractivity contribution in [2.75, 3.05) is 0 Å². The average Bonchev–Trinajstić information content (AvgIpc) is 2.52. The van der Waals surface area contributed by atoms with Gasteiger partial charge >= 0.3 is 0 Å². The summed E-state index contributed by atoms with van der Waals surface area (Å²) in [5.74, 6) is 0.109. The molecule has 1 aromatic rings. The van der Waals surface area contributed by atoms with Crippen LogP contribution in [0.25, 0.3) is 5.57 Å². The van der Waals surface area contributed by atoms with E-state index >= 15 is 0 Å². The van der Waals surface area contributed by atoms with E-state index in [0.29, 0.717) is 27.6 Å². The Morgan fingerprint density at radius 3 is 2.47 bits per heavy atom. The third-order valence-electron chi connectivity index (χ3n) is 3.44. The second kappa shape index (κ2) is 5.04. The standard InChI is InChI=1S/C14H14Cl2O2S/c1-4-14(3)12(17)11(13(18)19-14)10-7(2)5-8(15)6-9(10)16/h5-6,17H,4H2,1-3H3. The summed E-state index contributed by atoms with van der Waals surface area (Å²) in [6, 6.07) is 3.33. The minimum Gasteiger partial charge on any atom is -0.510 e. The molecule has 0 saturated carbocycles. The molecule has 102 valence electrons. The van der Waals surface area contributed by atoms with Gasteiger partial charge in [-0.1, -0.05) is 41.9 Å². The highest BCUT2D eigenvalue weighted by atomic mass is 35.5. The Hall–Kier alpha value is -0.640. The molecular formula is C14H14Cl2O2S. The number of aliphatic hydroxyl groups excluding tert-OH is 1. The second-order valence-electron chi connectivity index (χ2n) is 4.78. The van der Waals surface area contributed by atoms with Crippen molar-refractivity contribution in [3.05, 3.63) is 39.1 Å². The number of benzene rings is 1. The number of rotatable bonds is 2. The fraction of sp³-hybridized carbons (Fsp3) is 0.357. The van der Waals surface area contributed by atoms with Crippen LogP contribution in [0.4, 0.5) is 0 Å². The van der Waals surface area contributed by atoms with E-state index in [-0.39, 0.29) is 10.9 Å². The van der Waals surface area contributed by atoms with Crippen molar-refractivity contribution in [1.29, 1.82) is 0 Å². The lowest BCUT2D eigenvalue weighted by Crippen LogP contribution is -2.18. The van der Waals surface area contributed by atoms with E-state index in [1.165, 1.54) is 0 Å². The van der Waals surface area contributed by atoms with Crippen molar-refractivity contribution in [3.63, 3.8) is 0 Å². The van der Waals surface area contributed by atoms with Crippen molar-refractivity contribution in [3.8, 4) is 0 Å². The molecule has 0 radical (unpaired) electrons. The van der Waals surface area contributed by atoms with Gasteiger partial charge < -0.3 is 5.11 Å². The number of halogens is 2. The summed E-state index contributed by atoms with van der Waals surface area (Å²) in [7, 11) is 0. The zero-order chi connectivity index (χ0) is 14.4. The van der Waals surface area contributed by atoms with Crippen LogP contribution in [0.15, 0.2) is 17.9 Å². The Morgan fingerprint density at radius 2 is 2.00 bits per heavy atom. The first-order valence-corrected chi connectivity index (χ1v) is 7.50. The predicted octanol–water partition coefficient (Wildman–Crippen LogP) is 5.01. The molecule has 1 atom stereocenters. The van der Waals surface area contributed by atoms with Gasteiger partial charge in [0.05, 0.1) is 15.3 Å². The van der Waals surface area contributed by atoms with Crippen molar-refractivity contribution in [2.24, 2.45) is 0 Å². The van der Waals surface area contributed by atoms with Gasteiger partial charge in [-0.15, -0.1) is 0 Å². The fourth-order valence-corrected chi connectivity index (χ4v) is 3.89. The minimum absolute atomic E-state index is 0.109. The number of hydrogen-bond acceptors (Lipinski definition) is 3. The van der Waals surface area contributed by atoms with E-state index in [0.717, 1.165) is 17.3 Å². The normalized spacial score (nSPS) is 23.3. The van der Waals surface area contributed by atoms with E-state index < -0.39 is 4.75 Å². The van der Waals surface area contributed by atoms with Gasteiger partial charge in [0.15, 0.2) is 0 Å². The van der Waals surface area contributed by atoms with Gasteiger partial charge in [0.25, 0.3) is 0 Å². The lowest BCUT2D eigenvalue weighted by molar-refractivity contribution is -0.106. The number of aryl methyl sites for hydroxylation is 1. The Morgan fingerprint density at radius 1 is 1.37 bits per heavy atom. The van der Waals surface area contributed by atoms with Crippen LogP contribution in [0, 0.1) is 6.92 Å². The highest BCUT2D eigenvalue weighted by Gasteiger charge is 2.43. The van der Waals surface area contributed by atoms with E-state index in [4.69, 9.17) is 23.2 Å². The molecule has 0 aliphatic carbocycles. The molecule has 0 bridgehead atoms. The molecule has 1 unspecified atom stereocenters. The number of carbonyl (C=O) groups excluding carboxylic acids is 1. The molecule has 0 saturated heterocycles. The molecule has 2 rings (SSSR count). The van der Waals surface area contributed by atoms with Crippen molar-refractivity contribution >= 4 is 45.7 Å². The quantitative estimate of drug-likeness (QED) is 0.833. The van der Waals surface area contributed by atoms with Gasteiger partial charge in [-0.3, -0.25) is 4.79 Å². The molecule has 2 nitrogen and oxygen atoms in total. The zero-order valence-corrected chi connectivity index (χ0v) is 13.2. The van der Waals surface area contributed by atoms with Gasteiger partial charge in [-0.05, 0) is 38.0 Å². The molecule has 1 heterocycles. The lowest BCUT2D eigenvalue weighted by Gasteiger charge is -2.19. The molecule has 0 spiro atoms. The van der Waals surface area contributed by atoms with Crippen molar-refractivity contribution in [2.45, 2.75) is 31.9 Å². The van der Waals surface area contributed by atoms with E-state index in [9.17, 15) is 9.90 Å². The maximum Gasteiger partial charge on any atom is 0.224 e. The van der Waals surface area contributed by atoms with Gasteiger partial charge in [0, 0.05) is 10.6 Å². The highest BCUT2D eigenvalue weighted by molar-refractivity contribution is 8.16. The van der Waals surface area contributed by atoms with Crippen LogP contribution in [-0.4, -0.2) is 15.0 Å². The van der Waals surface area contributed by atoms with Crippen LogP contribution in [0.5, 0.6) is 0 Å². The molecule has 1 aliphatic rings. The largest absolute Gasteiger partial charge is 0.510 e. The molecule has 5 heteroatoms. The lowest BCUT2D eigenvalue weighted by atomic mass is 9.95. The topological polar surface area (TPSA) is 37.3 Å². The highest BCUT2D eigenvalue weighted by Crippen LogP contribution is 2.49. The SMILES string of the molecule is CCC1(C)SC(=O)C(c2c(C)cc(Cl)cc2Cl)=C1O. The Labute approximate surface area is 126 Å². The first-order valence-electron chi connectivity index (χ1n) is 5.93. The molecule has 1 aromatic carbocycles. The molecule has 19 heavy (non-hydrogen) atoms. The zero-order valence-electron chi connectivity index (χ0n) is 10.9. The summed E-state index contributed by atoms with van der Waals surface area (Å²) >= 11 is 13.3. The molecule has 0 fully saturated rings. The molecule has 0 amide bonds. The number of hydrogen-bond donors (Lipinski definition) is 1. The second-order valence-corrected chi connectivity index (χ2v) is 7.10. The van der Waals surface area contributed by atoms with Crippen LogP contribution in [-0.2, 0) is 4.79 Å². The van der Waals surface area contributed by atoms with E-state index in [2.05, 4.69) is 0 Å². The molecule has 1 N–H and O–H groups in total. The number of aliphatic hydroxyl groups is 1. The Kier molecular flexibility index (Phi) is 3.92. The summed E-state index contributed by atoms with van der Waals surface area (Å²) in [6.45, 7) is 5.62. The van der Waals surface area contributed by atoms with Gasteiger partial charge in [-0.2, -0.15) is 0 Å². The molecule has 0 aromatic heterocycles. The number of thioether (sulfide) groups is 1. The average molecular weight is 317 g/mol. The van der Waals surface area contributed by atoms with E-state index in [1.54, 1.807) is 12.1 Å². The smallest absolute Gasteiger partial charge is 0.224 e. The maximum atomic E-state index is 12.2. The fourth-order valence-electron chi connectivity index (χ4n) is 2.14. The summed E-state index contributed by atoms with van der Waals surface area (Å²) < 4.78 is -0.568. The van der Waals surface area contributed by atoms with Gasteiger partial charge in [0.1, 0.15) is 5.76 Å². The third-order valence-corrected chi connectivity index (χ3v) is 5.28. The summed E-state index contributed by atoms with van der Waals surface area (Å²) in [5, 5.41) is 11.2. The molecule has 1 aliphatic heterocycles. The summed E-state index contributed by atoms with van der Waals surface area (Å²) in [4.78, 5) is 12.2. The molecular weight excluding hydrogens is 303 g/mol. The van der Waals surface area contributed by atoms with Crippen LogP contribution in [0.3, 0.4) is 0 Å². The Balaban J connectivity index is 2.69. The monoisotopic (exact) mass is 316 g/mol. The van der Waals surface area contributed by atoms with Gasteiger partial charge in [0.2, 0.25) is 5.12 Å². The summed E-state index contributed by atoms with van der Waals surface area (Å²) in [6.07, 6.45) is 0.670. The van der Waals surface area contributed by atoms with E-state index in [1.807, 2.05) is 20.8 Å². The first-order chi connectivity index (χ1) is 8.80. The first kappa shape index (κ1) is 14.8.